The molecule has 0 saturated heterocycles. The summed E-state index contributed by atoms with van der Waals surface area (Å²) in [6.07, 6.45) is -7.79. The molecule has 1 atom stereocenters. The fourth-order valence-electron chi connectivity index (χ4n) is 0.564. The zero-order valence-corrected chi connectivity index (χ0v) is 6.48. The lowest BCUT2D eigenvalue weighted by Gasteiger charge is -2.13. The van der Waals surface area contributed by atoms with Gasteiger partial charge in [0.1, 0.15) is 6.10 Å². The van der Waals surface area contributed by atoms with E-state index in [1.54, 1.807) is 0 Å². The summed E-state index contributed by atoms with van der Waals surface area (Å²) >= 11 is 0. The van der Waals surface area contributed by atoms with Crippen LogP contribution in [0, 0.1) is 5.41 Å². The van der Waals surface area contributed by atoms with Crippen LogP contribution in [0.5, 0.6) is 0 Å². The van der Waals surface area contributed by atoms with Gasteiger partial charge < -0.3 is 9.84 Å². The number of rotatable bonds is 3. The number of nitrogens with one attached hydrogen (secondary N) is 1. The van der Waals surface area contributed by atoms with E-state index in [2.05, 4.69) is 4.74 Å². The van der Waals surface area contributed by atoms with Gasteiger partial charge >= 0.3 is 6.18 Å². The highest BCUT2D eigenvalue weighted by Gasteiger charge is 2.33. The van der Waals surface area contributed by atoms with Crippen molar-refractivity contribution >= 4 is 5.90 Å². The summed E-state index contributed by atoms with van der Waals surface area (Å²) in [4.78, 5) is 0. The Kier molecular flexibility index (Phi) is 4.02. The highest BCUT2D eigenvalue weighted by atomic mass is 19.4. The van der Waals surface area contributed by atoms with Crippen molar-refractivity contribution in [2.45, 2.75) is 25.6 Å². The minimum Gasteiger partial charge on any atom is -0.480 e. The molecule has 0 amide bonds. The van der Waals surface area contributed by atoms with Crippen LogP contribution in [0.4, 0.5) is 13.2 Å². The van der Waals surface area contributed by atoms with Gasteiger partial charge in [0.25, 0.3) is 0 Å². The zero-order valence-electron chi connectivity index (χ0n) is 6.48. The summed E-state index contributed by atoms with van der Waals surface area (Å²) in [6, 6.07) is 0. The Bertz CT molecular complexity index is 157. The molecule has 2 N–H and O–H groups in total. The van der Waals surface area contributed by atoms with Gasteiger partial charge in [0, 0.05) is 0 Å². The molecule has 0 fully saturated rings. The molecule has 3 nitrogen and oxygen atoms in total. The quantitative estimate of drug-likeness (QED) is 0.514. The fraction of sp³-hybridized carbons (Fsp3) is 0.833. The van der Waals surface area contributed by atoms with Crippen molar-refractivity contribution in [3.05, 3.63) is 0 Å². The third kappa shape index (κ3) is 4.95. The van der Waals surface area contributed by atoms with E-state index in [4.69, 9.17) is 10.5 Å². The third-order valence-corrected chi connectivity index (χ3v) is 1.03. The van der Waals surface area contributed by atoms with Gasteiger partial charge in [0.15, 0.2) is 0 Å². The molecule has 0 bridgehead atoms. The van der Waals surface area contributed by atoms with Crippen LogP contribution in [0.2, 0.25) is 0 Å². The van der Waals surface area contributed by atoms with Gasteiger partial charge in [-0.15, -0.1) is 0 Å². The minimum absolute atomic E-state index is 0.0771. The standard InChI is InChI=1S/C6H10F3NO2/c1-2-12-5(10)4(11)3-6(7,8)9/h4,10-11H,2-3H2,1H3. The largest absolute Gasteiger partial charge is 0.480 e. The molecule has 0 heterocycles. The number of hydrogen-bond acceptors (Lipinski definition) is 3. The predicted octanol–water partition coefficient (Wildman–Crippen LogP) is 1.31. The van der Waals surface area contributed by atoms with Crippen molar-refractivity contribution in [1.82, 2.24) is 0 Å². The van der Waals surface area contributed by atoms with E-state index in [1.165, 1.54) is 6.92 Å². The first-order chi connectivity index (χ1) is 5.37. The predicted molar refractivity (Wildman–Crippen MR) is 36.0 cm³/mol. The number of hydrogen-bond donors (Lipinski definition) is 2. The molecule has 0 aliphatic heterocycles. The summed E-state index contributed by atoms with van der Waals surface area (Å²) in [5.74, 6) is -0.741. The molecule has 12 heavy (non-hydrogen) atoms. The lowest BCUT2D eigenvalue weighted by atomic mass is 10.2. The van der Waals surface area contributed by atoms with Gasteiger partial charge in [-0.25, -0.2) is 0 Å². The maximum absolute atomic E-state index is 11.6. The number of aliphatic hydroxyl groups excluding tert-OH is 1. The molecule has 0 saturated carbocycles. The SMILES string of the molecule is CCOC(=N)C(O)CC(F)(F)F. The summed E-state index contributed by atoms with van der Waals surface area (Å²) in [6.45, 7) is 1.60. The van der Waals surface area contributed by atoms with Crippen LogP contribution in [0.25, 0.3) is 0 Å². The number of alkyl halides is 3. The molecular formula is C6H10F3NO2. The topological polar surface area (TPSA) is 53.3 Å². The highest BCUT2D eigenvalue weighted by molar-refractivity contribution is 5.77. The van der Waals surface area contributed by atoms with E-state index in [-0.39, 0.29) is 6.61 Å². The second kappa shape index (κ2) is 4.30. The molecule has 0 aromatic heterocycles. The Balaban J connectivity index is 3.87. The van der Waals surface area contributed by atoms with E-state index >= 15 is 0 Å². The van der Waals surface area contributed by atoms with Gasteiger partial charge in [-0.2, -0.15) is 13.2 Å². The van der Waals surface area contributed by atoms with Crippen LogP contribution in [0.15, 0.2) is 0 Å². The van der Waals surface area contributed by atoms with E-state index in [1.807, 2.05) is 0 Å². The van der Waals surface area contributed by atoms with Crippen molar-refractivity contribution in [2.75, 3.05) is 6.61 Å². The second-order valence-corrected chi connectivity index (χ2v) is 2.13. The van der Waals surface area contributed by atoms with E-state index in [0.29, 0.717) is 0 Å². The molecular weight excluding hydrogens is 175 g/mol. The molecule has 6 heteroatoms. The van der Waals surface area contributed by atoms with Crippen molar-refractivity contribution in [3.8, 4) is 0 Å². The van der Waals surface area contributed by atoms with Gasteiger partial charge in [0.05, 0.1) is 13.0 Å². The number of aliphatic hydroxyl groups is 1. The molecule has 0 aromatic rings. The van der Waals surface area contributed by atoms with E-state index in [0.717, 1.165) is 0 Å². The Hall–Kier alpha value is -0.780. The normalized spacial score (nSPS) is 14.1. The second-order valence-electron chi connectivity index (χ2n) is 2.13. The Morgan fingerprint density at radius 1 is 1.58 bits per heavy atom. The lowest BCUT2D eigenvalue weighted by molar-refractivity contribution is -0.148. The highest BCUT2D eigenvalue weighted by Crippen LogP contribution is 2.21. The molecule has 0 aromatic carbocycles. The number of halogens is 3. The van der Waals surface area contributed by atoms with E-state index in [9.17, 15) is 13.2 Å². The zero-order chi connectivity index (χ0) is 9.78. The van der Waals surface area contributed by atoms with Crippen LogP contribution in [-0.4, -0.2) is 29.9 Å². The van der Waals surface area contributed by atoms with Crippen LogP contribution >= 0.6 is 0 Å². The lowest BCUT2D eigenvalue weighted by Crippen LogP contribution is -2.28. The van der Waals surface area contributed by atoms with E-state index < -0.39 is 24.6 Å². The summed E-state index contributed by atoms with van der Waals surface area (Å²) in [5, 5.41) is 15.5. The van der Waals surface area contributed by atoms with Crippen molar-refractivity contribution in [3.63, 3.8) is 0 Å². The summed E-state index contributed by atoms with van der Waals surface area (Å²) in [5.41, 5.74) is 0. The van der Waals surface area contributed by atoms with Crippen LogP contribution in [0.1, 0.15) is 13.3 Å². The van der Waals surface area contributed by atoms with Crippen molar-refractivity contribution in [2.24, 2.45) is 0 Å². The third-order valence-electron chi connectivity index (χ3n) is 1.03. The molecule has 1 unspecified atom stereocenters. The summed E-state index contributed by atoms with van der Waals surface area (Å²) < 4.78 is 39.2. The number of ether oxygens (including phenoxy) is 1. The van der Waals surface area contributed by atoms with Crippen LogP contribution in [-0.2, 0) is 4.74 Å². The van der Waals surface area contributed by atoms with Crippen LogP contribution < -0.4 is 0 Å². The minimum atomic E-state index is -4.47. The molecule has 0 aliphatic carbocycles. The Morgan fingerprint density at radius 3 is 2.42 bits per heavy atom. The van der Waals surface area contributed by atoms with Gasteiger partial charge in [-0.3, -0.25) is 5.41 Å². The first kappa shape index (κ1) is 11.2. The monoisotopic (exact) mass is 185 g/mol. The first-order valence-electron chi connectivity index (χ1n) is 3.33. The average molecular weight is 185 g/mol. The molecule has 0 aliphatic rings. The van der Waals surface area contributed by atoms with Gasteiger partial charge in [0.2, 0.25) is 5.90 Å². The summed E-state index contributed by atoms with van der Waals surface area (Å²) in [7, 11) is 0. The molecule has 0 rings (SSSR count). The average Bonchev–Trinajstić information content (AvgIpc) is 1.84. The maximum Gasteiger partial charge on any atom is 0.392 e. The molecule has 0 radical (unpaired) electrons. The molecule has 0 spiro atoms. The van der Waals surface area contributed by atoms with Crippen LogP contribution in [0.3, 0.4) is 0 Å². The van der Waals surface area contributed by atoms with Gasteiger partial charge in [-0.1, -0.05) is 0 Å². The maximum atomic E-state index is 11.6. The smallest absolute Gasteiger partial charge is 0.392 e. The van der Waals surface area contributed by atoms with Crippen molar-refractivity contribution in [1.29, 1.82) is 5.41 Å². The fourth-order valence-corrected chi connectivity index (χ4v) is 0.564. The van der Waals surface area contributed by atoms with Gasteiger partial charge in [-0.05, 0) is 6.92 Å². The Labute approximate surface area is 67.7 Å². The first-order valence-corrected chi connectivity index (χ1v) is 3.33. The van der Waals surface area contributed by atoms with Crippen molar-refractivity contribution < 1.29 is 23.0 Å². The Morgan fingerprint density at radius 2 is 2.08 bits per heavy atom. The molecule has 72 valence electrons.